The van der Waals surface area contributed by atoms with Crippen molar-refractivity contribution in [3.05, 3.63) is 302 Å². The quantitative estimate of drug-likeness (QED) is 0.0376. The molecule has 0 saturated carbocycles. The van der Waals surface area contributed by atoms with Gasteiger partial charge in [-0.1, -0.05) is 84.9 Å². The van der Waals surface area contributed by atoms with E-state index in [2.05, 4.69) is 462 Å². The minimum Gasteiger partial charge on any atom is -0.372 e. The average Bonchev–Trinajstić information content (AvgIpc) is 0.757. The molecule has 0 atom stereocenters. The number of hydrogen-bond donors (Lipinski definition) is 0. The molecule has 0 bridgehead atoms. The molecule has 12 rings (SSSR count). The van der Waals surface area contributed by atoms with Crippen LogP contribution in [0.3, 0.4) is 0 Å². The van der Waals surface area contributed by atoms with Gasteiger partial charge in [0.15, 0.2) is 0 Å². The van der Waals surface area contributed by atoms with Crippen molar-refractivity contribution in [2.75, 3.05) is 150 Å². The minimum absolute atomic E-state index is 0.916. The zero-order chi connectivity index (χ0) is 81.5. The Kier molecular flexibility index (Phi) is 29.9. The Bertz CT molecular complexity index is 4510. The molecule has 0 spiro atoms. The fraction of sp³-hybridized carbons (Fsp3) is 0.301. The van der Waals surface area contributed by atoms with Crippen LogP contribution in [0, 0.1) is 20.8 Å². The second kappa shape index (κ2) is 40.8. The molecular formula is C103H126N12. The molecule has 12 aromatic carbocycles. The number of rotatable bonds is 36. The highest BCUT2D eigenvalue weighted by molar-refractivity contribution is 5.92. The lowest BCUT2D eigenvalue weighted by Gasteiger charge is -2.35. The lowest BCUT2D eigenvalue weighted by Crippen LogP contribution is -2.23. The third-order valence-electron chi connectivity index (χ3n) is 22.3. The van der Waals surface area contributed by atoms with Crippen molar-refractivity contribution in [2.45, 2.75) is 118 Å². The molecule has 598 valence electrons. The lowest BCUT2D eigenvalue weighted by atomic mass is 10.1. The van der Waals surface area contributed by atoms with Crippen LogP contribution in [0.25, 0.3) is 0 Å². The number of hydrogen-bond acceptors (Lipinski definition) is 12. The van der Waals surface area contributed by atoms with Gasteiger partial charge in [-0.25, -0.2) is 0 Å². The molecule has 0 aliphatic heterocycles. The highest BCUT2D eigenvalue weighted by Gasteiger charge is 2.27. The molecule has 0 aliphatic carbocycles. The number of nitrogens with zero attached hydrogens (tertiary/aromatic N) is 12. The van der Waals surface area contributed by atoms with E-state index in [9.17, 15) is 0 Å². The third-order valence-corrected chi connectivity index (χ3v) is 22.3. The van der Waals surface area contributed by atoms with Gasteiger partial charge in [-0.15, -0.1) is 0 Å². The smallest absolute Gasteiger partial charge is 0.0503 e. The van der Waals surface area contributed by atoms with Gasteiger partial charge in [0.1, 0.15) is 0 Å². The Morgan fingerprint density at radius 3 is 0.374 bits per heavy atom. The van der Waals surface area contributed by atoms with Crippen LogP contribution in [0.2, 0.25) is 0 Å². The van der Waals surface area contributed by atoms with Crippen LogP contribution >= 0.6 is 0 Å². The summed E-state index contributed by atoms with van der Waals surface area (Å²) in [5.41, 5.74) is 28.7. The van der Waals surface area contributed by atoms with Crippen LogP contribution in [0.1, 0.15) is 114 Å². The number of aryl methyl sites for hydroxylation is 3. The summed E-state index contributed by atoms with van der Waals surface area (Å²) < 4.78 is 0. The van der Waals surface area contributed by atoms with Crippen molar-refractivity contribution in [3.8, 4) is 0 Å². The molecule has 12 aromatic rings. The van der Waals surface area contributed by atoms with Gasteiger partial charge in [0.25, 0.3) is 0 Å². The van der Waals surface area contributed by atoms with E-state index < -0.39 is 0 Å². The molecule has 0 N–H and O–H groups in total. The van der Waals surface area contributed by atoms with Crippen LogP contribution in [0.4, 0.5) is 125 Å². The van der Waals surface area contributed by atoms with Crippen molar-refractivity contribution in [1.29, 1.82) is 0 Å². The standard InChI is InChI=1S/C66H87N9.C37H39N3/c1-13-67(14-2)52-31-25-37-58(43-52)73(59-38-26-32-53(44-59)68(15-3)16-4)64-49-65(74(60-39-27-33-54(45-60)69(17-5)18-6)61-40-28-34-55(46-61)70(19-7)20-8)51-66(50-64)75(62-41-29-35-56(47-62)71(21-9)22-10)63-42-30-36-57(48-63)72(23-11)24-12;1-6-38(7-2)31-16-11-20-35(26-31)40(34-19-10-15-30(5)25-34)37-22-12-21-36(27-37)39(32-17-8-13-28(3)23-32)33-18-9-14-29(4)24-33/h25-51H,13-24H2,1-12H3;8-27H,6-7H2,1-5H3. The Balaban J connectivity index is 0.000000272. The van der Waals surface area contributed by atoms with Crippen molar-refractivity contribution in [1.82, 2.24) is 0 Å². The normalized spacial score (nSPS) is 11.0. The van der Waals surface area contributed by atoms with Crippen molar-refractivity contribution in [2.24, 2.45) is 0 Å². The Hall–Kier alpha value is -11.8. The minimum atomic E-state index is 0.916. The van der Waals surface area contributed by atoms with Gasteiger partial charge >= 0.3 is 0 Å². The first-order valence-corrected chi connectivity index (χ1v) is 42.5. The predicted molar refractivity (Wildman–Crippen MR) is 505 cm³/mol. The molecule has 12 nitrogen and oxygen atoms in total. The van der Waals surface area contributed by atoms with E-state index in [0.717, 1.165) is 177 Å². The number of benzene rings is 12. The molecule has 0 saturated heterocycles. The maximum atomic E-state index is 2.49. The fourth-order valence-electron chi connectivity index (χ4n) is 16.2. The van der Waals surface area contributed by atoms with Gasteiger partial charge in [0.05, 0.1) is 17.1 Å². The van der Waals surface area contributed by atoms with Crippen molar-refractivity contribution in [3.63, 3.8) is 0 Å². The van der Waals surface area contributed by atoms with E-state index >= 15 is 0 Å². The Morgan fingerprint density at radius 2 is 0.235 bits per heavy atom. The first-order chi connectivity index (χ1) is 56.1. The van der Waals surface area contributed by atoms with Crippen molar-refractivity contribution < 1.29 is 0 Å². The SMILES string of the molecule is CCN(CC)c1cccc(N(c2cccc(C)c2)c2cccc(N(c3cccc(C)c3)c3cccc(C)c3)c2)c1.CCN(CC)c1cccc(N(c2cccc(N(CC)CC)c2)c2cc(N(c3cccc(N(CC)CC)c3)c3cccc(N(CC)CC)c3)cc(N(c3cccc(N(CC)CC)c3)c3cccc(N(CC)CC)c3)c2)c1. The summed E-state index contributed by atoms with van der Waals surface area (Å²) in [6.07, 6.45) is 0. The summed E-state index contributed by atoms with van der Waals surface area (Å²) in [7, 11) is 0. The first-order valence-electron chi connectivity index (χ1n) is 42.5. The maximum Gasteiger partial charge on any atom is 0.0503 e. The van der Waals surface area contributed by atoms with Gasteiger partial charge in [-0.2, -0.15) is 0 Å². The van der Waals surface area contributed by atoms with Gasteiger partial charge < -0.3 is 58.8 Å². The van der Waals surface area contributed by atoms with Crippen LogP contribution in [0.15, 0.2) is 285 Å². The van der Waals surface area contributed by atoms with Crippen LogP contribution in [-0.2, 0) is 0 Å². The van der Waals surface area contributed by atoms with E-state index in [0.29, 0.717) is 0 Å². The molecule has 0 fully saturated rings. The van der Waals surface area contributed by atoms with E-state index in [1.165, 1.54) is 56.5 Å². The fourth-order valence-corrected chi connectivity index (χ4v) is 16.2. The molecule has 0 aromatic heterocycles. The third kappa shape index (κ3) is 20.1. The van der Waals surface area contributed by atoms with Crippen molar-refractivity contribution >= 4 is 125 Å². The largest absolute Gasteiger partial charge is 0.372 e. The second-order valence-corrected chi connectivity index (χ2v) is 29.3. The maximum absolute atomic E-state index is 2.49. The molecule has 0 amide bonds. The van der Waals surface area contributed by atoms with Gasteiger partial charge in [-0.3, -0.25) is 0 Å². The average molecular weight is 1530 g/mol. The molecule has 115 heavy (non-hydrogen) atoms. The van der Waals surface area contributed by atoms with E-state index in [4.69, 9.17) is 0 Å². The summed E-state index contributed by atoms with van der Waals surface area (Å²) in [6.45, 7) is 50.8. The molecule has 0 unspecified atom stereocenters. The summed E-state index contributed by atoms with van der Waals surface area (Å²) in [5.74, 6) is 0. The van der Waals surface area contributed by atoms with E-state index in [1.54, 1.807) is 0 Å². The topological polar surface area (TPSA) is 38.9 Å². The Labute approximate surface area is 690 Å². The lowest BCUT2D eigenvalue weighted by molar-refractivity contribution is 0.865. The monoisotopic (exact) mass is 1530 g/mol. The predicted octanol–water partition coefficient (Wildman–Crippen LogP) is 27.6. The van der Waals surface area contributed by atoms with Crippen LogP contribution in [-0.4, -0.2) is 91.6 Å². The molecular weight excluding hydrogens is 1410 g/mol. The first kappa shape index (κ1) is 84.2. The summed E-state index contributed by atoms with van der Waals surface area (Å²) in [4.78, 5) is 29.2. The highest BCUT2D eigenvalue weighted by atomic mass is 15.2. The summed E-state index contributed by atoms with van der Waals surface area (Å²) in [6, 6.07) is 106. The van der Waals surface area contributed by atoms with Crippen LogP contribution in [0.5, 0.6) is 0 Å². The zero-order valence-corrected chi connectivity index (χ0v) is 71.9. The molecule has 0 aliphatic rings. The van der Waals surface area contributed by atoms with Gasteiger partial charge in [0, 0.05) is 200 Å². The molecule has 0 radical (unpaired) electrons. The molecule has 0 heterocycles. The van der Waals surface area contributed by atoms with Crippen LogP contribution < -0.4 is 58.8 Å². The van der Waals surface area contributed by atoms with Gasteiger partial charge in [-0.05, 0) is 335 Å². The van der Waals surface area contributed by atoms with E-state index in [1.807, 2.05) is 0 Å². The van der Waals surface area contributed by atoms with E-state index in [-0.39, 0.29) is 0 Å². The summed E-state index contributed by atoms with van der Waals surface area (Å²) >= 11 is 0. The molecule has 12 heteroatoms. The second-order valence-electron chi connectivity index (χ2n) is 29.3. The number of anilines is 22. The summed E-state index contributed by atoms with van der Waals surface area (Å²) in [5, 5.41) is 0. The van der Waals surface area contributed by atoms with Gasteiger partial charge in [0.2, 0.25) is 0 Å². The Morgan fingerprint density at radius 1 is 0.130 bits per heavy atom. The zero-order valence-electron chi connectivity index (χ0n) is 71.9. The highest BCUT2D eigenvalue weighted by Crippen LogP contribution is 2.49.